The Hall–Kier alpha value is -3.91. The van der Waals surface area contributed by atoms with Gasteiger partial charge in [0.25, 0.3) is 5.56 Å². The summed E-state index contributed by atoms with van der Waals surface area (Å²) in [5, 5.41) is 7.98. The first kappa shape index (κ1) is 21.9. The Bertz CT molecular complexity index is 1330. The van der Waals surface area contributed by atoms with Gasteiger partial charge in [0.1, 0.15) is 11.6 Å². The van der Waals surface area contributed by atoms with Crippen LogP contribution in [0.5, 0.6) is 0 Å². The first-order chi connectivity index (χ1) is 16.6. The molecule has 8 nitrogen and oxygen atoms in total. The summed E-state index contributed by atoms with van der Waals surface area (Å²) in [6.45, 7) is 7.41. The summed E-state index contributed by atoms with van der Waals surface area (Å²) in [5.74, 6) is 1.33. The van der Waals surface area contributed by atoms with Crippen molar-refractivity contribution in [3.05, 3.63) is 71.3 Å². The number of fused-ring (bicyclic) bond motifs is 1. The van der Waals surface area contributed by atoms with E-state index in [1.54, 1.807) is 12.4 Å². The first-order valence-corrected chi connectivity index (χ1v) is 11.5. The van der Waals surface area contributed by atoms with Crippen LogP contribution in [-0.2, 0) is 4.74 Å². The van der Waals surface area contributed by atoms with Crippen LogP contribution in [0.3, 0.4) is 0 Å². The fraction of sp³-hybridized carbons (Fsp3) is 0.269. The summed E-state index contributed by atoms with van der Waals surface area (Å²) in [4.78, 5) is 27.1. The Kier molecular flexibility index (Phi) is 6.14. The number of aromatic amines is 1. The molecule has 3 aromatic heterocycles. The van der Waals surface area contributed by atoms with Crippen molar-refractivity contribution >= 4 is 33.8 Å². The predicted octanol–water partition coefficient (Wildman–Crippen LogP) is 4.39. The molecule has 0 spiro atoms. The molecule has 0 saturated carbocycles. The van der Waals surface area contributed by atoms with Crippen LogP contribution in [0.15, 0.2) is 65.7 Å². The Morgan fingerprint density at radius 1 is 1.06 bits per heavy atom. The summed E-state index contributed by atoms with van der Waals surface area (Å²) in [6.07, 6.45) is 3.45. The molecule has 0 atom stereocenters. The molecule has 1 saturated heterocycles. The Morgan fingerprint density at radius 2 is 1.85 bits per heavy atom. The molecule has 0 bridgehead atoms. The number of rotatable bonds is 6. The van der Waals surface area contributed by atoms with E-state index in [2.05, 4.69) is 51.5 Å². The highest BCUT2D eigenvalue weighted by molar-refractivity contribution is 5.95. The third kappa shape index (κ3) is 4.72. The first-order valence-electron chi connectivity index (χ1n) is 11.5. The van der Waals surface area contributed by atoms with E-state index >= 15 is 0 Å². The van der Waals surface area contributed by atoms with Crippen LogP contribution in [0.2, 0.25) is 0 Å². The molecule has 4 heterocycles. The number of nitrogens with one attached hydrogen (secondary N) is 3. The molecule has 8 heteroatoms. The molecule has 1 fully saturated rings. The smallest absolute Gasteiger partial charge is 0.259 e. The Labute approximate surface area is 198 Å². The van der Waals surface area contributed by atoms with Gasteiger partial charge in [-0.3, -0.25) is 4.79 Å². The molecule has 3 N–H and O–H groups in total. The fourth-order valence-corrected chi connectivity index (χ4v) is 4.09. The average molecular weight is 457 g/mol. The number of nitrogens with zero attached hydrogens (tertiary/aromatic N) is 3. The van der Waals surface area contributed by atoms with Gasteiger partial charge in [-0.2, -0.15) is 0 Å². The quantitative estimate of drug-likeness (QED) is 0.396. The molecular formula is C26H28N6O2. The van der Waals surface area contributed by atoms with Gasteiger partial charge in [-0.15, -0.1) is 0 Å². The third-order valence-corrected chi connectivity index (χ3v) is 5.76. The molecule has 174 valence electrons. The molecule has 0 unspecified atom stereocenters. The largest absolute Gasteiger partial charge is 0.378 e. The van der Waals surface area contributed by atoms with E-state index in [1.807, 2.05) is 36.4 Å². The Balaban J connectivity index is 1.48. The number of anilines is 4. The SMILES string of the molecule is CC(C)Nc1ccc(-c2cc3cc[nH]c(=O)c3c(Nc3ccc(N4CCOCC4)cc3)n2)cn1. The number of ether oxygens (including phenoxy) is 1. The lowest BCUT2D eigenvalue weighted by Gasteiger charge is -2.28. The van der Waals surface area contributed by atoms with Gasteiger partial charge in [0.15, 0.2) is 0 Å². The second kappa shape index (κ2) is 9.52. The van der Waals surface area contributed by atoms with Crippen LogP contribution in [0.4, 0.5) is 23.0 Å². The minimum atomic E-state index is -0.182. The normalized spacial score (nSPS) is 13.9. The second-order valence-electron chi connectivity index (χ2n) is 8.63. The Morgan fingerprint density at radius 3 is 2.56 bits per heavy atom. The van der Waals surface area contributed by atoms with Gasteiger partial charge in [-0.25, -0.2) is 9.97 Å². The maximum atomic E-state index is 12.7. The highest BCUT2D eigenvalue weighted by atomic mass is 16.5. The summed E-state index contributed by atoms with van der Waals surface area (Å²) in [7, 11) is 0. The third-order valence-electron chi connectivity index (χ3n) is 5.76. The van der Waals surface area contributed by atoms with Gasteiger partial charge in [0.2, 0.25) is 0 Å². The van der Waals surface area contributed by atoms with Crippen LogP contribution in [0, 0.1) is 0 Å². The van der Waals surface area contributed by atoms with Crippen LogP contribution in [0.25, 0.3) is 22.0 Å². The molecule has 34 heavy (non-hydrogen) atoms. The van der Waals surface area contributed by atoms with Gasteiger partial charge < -0.3 is 25.3 Å². The minimum absolute atomic E-state index is 0.182. The molecule has 0 amide bonds. The van der Waals surface area contributed by atoms with Crippen molar-refractivity contribution in [3.8, 4) is 11.3 Å². The molecule has 5 rings (SSSR count). The number of hydrogen-bond acceptors (Lipinski definition) is 7. The van der Waals surface area contributed by atoms with Crippen molar-refractivity contribution in [1.82, 2.24) is 15.0 Å². The van der Waals surface area contributed by atoms with E-state index in [-0.39, 0.29) is 5.56 Å². The molecule has 1 aliphatic rings. The zero-order valence-corrected chi connectivity index (χ0v) is 19.3. The van der Waals surface area contributed by atoms with E-state index in [0.717, 1.165) is 60.1 Å². The molecule has 4 aromatic rings. The van der Waals surface area contributed by atoms with E-state index in [0.29, 0.717) is 17.2 Å². The molecule has 0 aliphatic carbocycles. The van der Waals surface area contributed by atoms with E-state index in [1.165, 1.54) is 0 Å². The fourth-order valence-electron chi connectivity index (χ4n) is 4.09. The standard InChI is InChI=1S/C26H28N6O2/c1-17(2)29-23-8-3-19(16-28-23)22-15-18-9-10-27-26(33)24(18)25(31-22)30-20-4-6-21(7-5-20)32-11-13-34-14-12-32/h3-10,15-17H,11-14H2,1-2H3,(H,27,33)(H,28,29)(H,30,31). The topological polar surface area (TPSA) is 95.2 Å². The van der Waals surface area contributed by atoms with Crippen LogP contribution in [-0.4, -0.2) is 47.3 Å². The summed E-state index contributed by atoms with van der Waals surface area (Å²) in [6, 6.07) is 16.2. The maximum Gasteiger partial charge on any atom is 0.259 e. The van der Waals surface area contributed by atoms with Crippen LogP contribution >= 0.6 is 0 Å². The van der Waals surface area contributed by atoms with E-state index < -0.39 is 0 Å². The van der Waals surface area contributed by atoms with E-state index in [4.69, 9.17) is 9.72 Å². The zero-order chi connectivity index (χ0) is 23.5. The van der Waals surface area contributed by atoms with Crippen molar-refractivity contribution < 1.29 is 4.74 Å². The van der Waals surface area contributed by atoms with Crippen LogP contribution < -0.4 is 21.1 Å². The van der Waals surface area contributed by atoms with Crippen molar-refractivity contribution in [2.75, 3.05) is 41.8 Å². The van der Waals surface area contributed by atoms with Gasteiger partial charge in [0.05, 0.1) is 24.3 Å². The molecule has 1 aliphatic heterocycles. The summed E-state index contributed by atoms with van der Waals surface area (Å²) >= 11 is 0. The monoisotopic (exact) mass is 456 g/mol. The van der Waals surface area contributed by atoms with Gasteiger partial charge in [0, 0.05) is 48.5 Å². The number of hydrogen-bond donors (Lipinski definition) is 3. The maximum absolute atomic E-state index is 12.7. The number of aromatic nitrogens is 3. The number of H-pyrrole nitrogens is 1. The number of pyridine rings is 3. The van der Waals surface area contributed by atoms with Crippen molar-refractivity contribution in [1.29, 1.82) is 0 Å². The molecular weight excluding hydrogens is 428 g/mol. The summed E-state index contributed by atoms with van der Waals surface area (Å²) < 4.78 is 5.44. The highest BCUT2D eigenvalue weighted by Crippen LogP contribution is 2.29. The number of benzene rings is 1. The van der Waals surface area contributed by atoms with Crippen molar-refractivity contribution in [2.45, 2.75) is 19.9 Å². The van der Waals surface area contributed by atoms with Crippen molar-refractivity contribution in [2.24, 2.45) is 0 Å². The van der Waals surface area contributed by atoms with Gasteiger partial charge >= 0.3 is 0 Å². The van der Waals surface area contributed by atoms with E-state index in [9.17, 15) is 4.79 Å². The highest BCUT2D eigenvalue weighted by Gasteiger charge is 2.14. The number of morpholine rings is 1. The molecule has 0 radical (unpaired) electrons. The second-order valence-corrected chi connectivity index (χ2v) is 8.63. The minimum Gasteiger partial charge on any atom is -0.378 e. The zero-order valence-electron chi connectivity index (χ0n) is 19.3. The lowest BCUT2D eigenvalue weighted by molar-refractivity contribution is 0.122. The lowest BCUT2D eigenvalue weighted by atomic mass is 10.1. The summed E-state index contributed by atoms with van der Waals surface area (Å²) in [5.41, 5.74) is 3.45. The molecule has 1 aromatic carbocycles. The van der Waals surface area contributed by atoms with Gasteiger partial charge in [-0.1, -0.05) is 0 Å². The van der Waals surface area contributed by atoms with Crippen molar-refractivity contribution in [3.63, 3.8) is 0 Å². The van der Waals surface area contributed by atoms with Gasteiger partial charge in [-0.05, 0) is 67.8 Å². The average Bonchev–Trinajstić information content (AvgIpc) is 2.85. The van der Waals surface area contributed by atoms with Crippen LogP contribution in [0.1, 0.15) is 13.8 Å². The lowest BCUT2D eigenvalue weighted by Crippen LogP contribution is -2.36. The predicted molar refractivity (Wildman–Crippen MR) is 137 cm³/mol.